The maximum atomic E-state index is 13.0. The fraction of sp³-hybridized carbons (Fsp3) is 0.409. The smallest absolute Gasteiger partial charge is 0.254 e. The molecular weight excluding hydrogens is 386 g/mol. The molecule has 2 aromatic rings. The molecule has 1 aliphatic rings. The van der Waals surface area contributed by atoms with E-state index in [1.54, 1.807) is 29.2 Å². The van der Waals surface area contributed by atoms with Crippen LogP contribution in [0.15, 0.2) is 41.8 Å². The minimum Gasteiger partial charge on any atom is -0.354 e. The van der Waals surface area contributed by atoms with Gasteiger partial charge in [-0.1, -0.05) is 26.0 Å². The Balaban J connectivity index is 1.65. The highest BCUT2D eigenvalue weighted by molar-refractivity contribution is 7.10. The third kappa shape index (κ3) is 5.67. The number of nitrogens with zero attached hydrogens (tertiary/aromatic N) is 1. The molecule has 0 saturated carbocycles. The number of amides is 3. The van der Waals surface area contributed by atoms with Crippen molar-refractivity contribution < 1.29 is 14.4 Å². The lowest BCUT2D eigenvalue weighted by molar-refractivity contribution is -0.125. The van der Waals surface area contributed by atoms with E-state index < -0.39 is 6.04 Å². The molecule has 2 heterocycles. The maximum Gasteiger partial charge on any atom is 0.254 e. The van der Waals surface area contributed by atoms with E-state index in [0.717, 1.165) is 11.3 Å². The molecule has 0 radical (unpaired) electrons. The fourth-order valence-electron chi connectivity index (χ4n) is 3.38. The van der Waals surface area contributed by atoms with Gasteiger partial charge in [0.05, 0.1) is 6.42 Å². The number of carbonyl (C=O) groups is 3. The van der Waals surface area contributed by atoms with Crippen LogP contribution in [0.1, 0.15) is 41.9 Å². The second-order valence-corrected chi connectivity index (χ2v) is 8.71. The van der Waals surface area contributed by atoms with Crippen molar-refractivity contribution in [2.75, 3.05) is 18.4 Å². The van der Waals surface area contributed by atoms with E-state index in [9.17, 15) is 14.4 Å². The van der Waals surface area contributed by atoms with Crippen molar-refractivity contribution in [2.45, 2.75) is 39.2 Å². The van der Waals surface area contributed by atoms with Crippen molar-refractivity contribution in [2.24, 2.45) is 5.92 Å². The lowest BCUT2D eigenvalue weighted by atomic mass is 10.1. The van der Waals surface area contributed by atoms with Crippen LogP contribution in [0.2, 0.25) is 0 Å². The van der Waals surface area contributed by atoms with Crippen LogP contribution in [-0.4, -0.2) is 41.8 Å². The number of thiophene rings is 1. The van der Waals surface area contributed by atoms with Gasteiger partial charge in [-0.25, -0.2) is 0 Å². The Labute approximate surface area is 175 Å². The van der Waals surface area contributed by atoms with Crippen LogP contribution in [0.25, 0.3) is 0 Å². The molecule has 1 atom stereocenters. The van der Waals surface area contributed by atoms with E-state index >= 15 is 0 Å². The summed E-state index contributed by atoms with van der Waals surface area (Å²) in [7, 11) is 0. The normalized spacial score (nSPS) is 16.1. The Morgan fingerprint density at radius 3 is 2.76 bits per heavy atom. The van der Waals surface area contributed by atoms with Gasteiger partial charge in [0.15, 0.2) is 0 Å². The molecule has 1 fully saturated rings. The van der Waals surface area contributed by atoms with Gasteiger partial charge >= 0.3 is 0 Å². The molecule has 29 heavy (non-hydrogen) atoms. The van der Waals surface area contributed by atoms with Gasteiger partial charge in [0.25, 0.3) is 5.91 Å². The Morgan fingerprint density at radius 2 is 2.03 bits per heavy atom. The van der Waals surface area contributed by atoms with E-state index in [0.29, 0.717) is 43.1 Å². The van der Waals surface area contributed by atoms with Gasteiger partial charge in [-0.3, -0.25) is 14.4 Å². The highest BCUT2D eigenvalue weighted by Gasteiger charge is 2.34. The largest absolute Gasteiger partial charge is 0.354 e. The van der Waals surface area contributed by atoms with Crippen LogP contribution in [0.5, 0.6) is 0 Å². The van der Waals surface area contributed by atoms with Crippen molar-refractivity contribution in [3.63, 3.8) is 0 Å². The first kappa shape index (κ1) is 21.0. The topological polar surface area (TPSA) is 78.5 Å². The van der Waals surface area contributed by atoms with Gasteiger partial charge in [-0.15, -0.1) is 11.3 Å². The minimum atomic E-state index is -0.432. The monoisotopic (exact) mass is 413 g/mol. The van der Waals surface area contributed by atoms with E-state index in [1.165, 1.54) is 11.3 Å². The van der Waals surface area contributed by atoms with Crippen molar-refractivity contribution in [1.29, 1.82) is 0 Å². The molecule has 6 nitrogen and oxygen atoms in total. The zero-order valence-electron chi connectivity index (χ0n) is 16.8. The van der Waals surface area contributed by atoms with Gasteiger partial charge < -0.3 is 15.5 Å². The molecule has 3 rings (SSSR count). The Kier molecular flexibility index (Phi) is 7.04. The van der Waals surface area contributed by atoms with Gasteiger partial charge in [0, 0.05) is 29.2 Å². The number of carbonyl (C=O) groups excluding carboxylic acids is 3. The molecule has 3 amide bonds. The zero-order chi connectivity index (χ0) is 20.8. The lowest BCUT2D eigenvalue weighted by Crippen LogP contribution is -2.46. The van der Waals surface area contributed by atoms with Crippen molar-refractivity contribution in [3.05, 3.63) is 52.2 Å². The van der Waals surface area contributed by atoms with Gasteiger partial charge in [0.2, 0.25) is 11.8 Å². The molecule has 1 saturated heterocycles. The van der Waals surface area contributed by atoms with Crippen LogP contribution in [0.4, 0.5) is 5.69 Å². The highest BCUT2D eigenvalue weighted by atomic mass is 32.1. The first-order valence-electron chi connectivity index (χ1n) is 9.95. The first-order valence-corrected chi connectivity index (χ1v) is 10.8. The Morgan fingerprint density at radius 1 is 1.21 bits per heavy atom. The second kappa shape index (κ2) is 9.69. The SMILES string of the molecule is CC(C)CNC(=O)C1CCCN1C(=O)c1cccc(NC(=O)Cc2cccs2)c1. The number of anilines is 1. The number of benzene rings is 1. The molecule has 0 aliphatic carbocycles. The Hall–Kier alpha value is -2.67. The molecule has 1 aliphatic heterocycles. The average molecular weight is 414 g/mol. The first-order chi connectivity index (χ1) is 13.9. The zero-order valence-corrected chi connectivity index (χ0v) is 17.6. The molecule has 1 aromatic carbocycles. The molecule has 0 bridgehead atoms. The summed E-state index contributed by atoms with van der Waals surface area (Å²) < 4.78 is 0. The molecular formula is C22H27N3O3S. The number of nitrogens with one attached hydrogen (secondary N) is 2. The second-order valence-electron chi connectivity index (χ2n) is 7.68. The predicted octanol–water partition coefficient (Wildman–Crippen LogP) is 3.31. The molecule has 1 unspecified atom stereocenters. The lowest BCUT2D eigenvalue weighted by Gasteiger charge is -2.24. The summed E-state index contributed by atoms with van der Waals surface area (Å²) in [4.78, 5) is 40.4. The minimum absolute atomic E-state index is 0.0926. The summed E-state index contributed by atoms with van der Waals surface area (Å²) in [5, 5.41) is 7.72. The summed E-state index contributed by atoms with van der Waals surface area (Å²) >= 11 is 1.54. The van der Waals surface area contributed by atoms with Crippen LogP contribution in [0.3, 0.4) is 0 Å². The Bertz CT molecular complexity index is 864. The summed E-state index contributed by atoms with van der Waals surface area (Å²) in [6, 6.07) is 10.3. The number of rotatable bonds is 7. The van der Waals surface area contributed by atoms with Crippen LogP contribution < -0.4 is 10.6 Å². The quantitative estimate of drug-likeness (QED) is 0.731. The van der Waals surface area contributed by atoms with Gasteiger partial charge in [0.1, 0.15) is 6.04 Å². The summed E-state index contributed by atoms with van der Waals surface area (Å²) in [6.07, 6.45) is 1.79. The standard InChI is InChI=1S/C22H27N3O3S/c1-15(2)14-23-21(27)19-9-4-10-25(19)22(28)16-6-3-7-17(12-16)24-20(26)13-18-8-5-11-29-18/h3,5-8,11-12,15,19H,4,9-10,13-14H2,1-2H3,(H,23,27)(H,24,26). The van der Waals surface area contributed by atoms with E-state index in [2.05, 4.69) is 10.6 Å². The summed E-state index contributed by atoms with van der Waals surface area (Å²) in [5.41, 5.74) is 1.06. The predicted molar refractivity (Wildman–Crippen MR) is 115 cm³/mol. The van der Waals surface area contributed by atoms with Crippen molar-refractivity contribution >= 4 is 34.7 Å². The number of hydrogen-bond acceptors (Lipinski definition) is 4. The van der Waals surface area contributed by atoms with Gasteiger partial charge in [-0.05, 0) is 48.4 Å². The van der Waals surface area contributed by atoms with E-state index in [1.807, 2.05) is 31.4 Å². The number of hydrogen-bond donors (Lipinski definition) is 2. The maximum absolute atomic E-state index is 13.0. The average Bonchev–Trinajstić information content (AvgIpc) is 3.37. The van der Waals surface area contributed by atoms with Crippen LogP contribution >= 0.6 is 11.3 Å². The van der Waals surface area contributed by atoms with Crippen molar-refractivity contribution in [3.8, 4) is 0 Å². The summed E-state index contributed by atoms with van der Waals surface area (Å²) in [5.74, 6) is -0.0327. The third-order valence-corrected chi connectivity index (χ3v) is 5.69. The third-order valence-electron chi connectivity index (χ3n) is 4.81. The van der Waals surface area contributed by atoms with Crippen molar-refractivity contribution in [1.82, 2.24) is 10.2 Å². The van der Waals surface area contributed by atoms with Crippen LogP contribution in [0, 0.1) is 5.92 Å². The van der Waals surface area contributed by atoms with E-state index in [4.69, 9.17) is 0 Å². The van der Waals surface area contributed by atoms with Gasteiger partial charge in [-0.2, -0.15) is 0 Å². The molecule has 1 aromatic heterocycles. The highest BCUT2D eigenvalue weighted by Crippen LogP contribution is 2.22. The summed E-state index contributed by atoms with van der Waals surface area (Å²) in [6.45, 7) is 5.24. The molecule has 7 heteroatoms. The molecule has 0 spiro atoms. The molecule has 2 N–H and O–H groups in total. The van der Waals surface area contributed by atoms with E-state index in [-0.39, 0.29) is 17.7 Å². The van der Waals surface area contributed by atoms with Crippen LogP contribution in [-0.2, 0) is 16.0 Å². The fourth-order valence-corrected chi connectivity index (χ4v) is 4.08. The molecule has 154 valence electrons. The number of likely N-dealkylation sites (tertiary alicyclic amines) is 1.